The van der Waals surface area contributed by atoms with Crippen molar-refractivity contribution in [2.75, 3.05) is 5.73 Å². The summed E-state index contributed by atoms with van der Waals surface area (Å²) < 4.78 is 5.68. The van der Waals surface area contributed by atoms with Crippen molar-refractivity contribution in [1.82, 2.24) is 4.98 Å². The van der Waals surface area contributed by atoms with Gasteiger partial charge in [-0.05, 0) is 24.3 Å². The van der Waals surface area contributed by atoms with Gasteiger partial charge in [-0.15, -0.1) is 11.3 Å². The molecule has 0 radical (unpaired) electrons. The molecule has 0 saturated heterocycles. The largest absolute Gasteiger partial charge is 0.487 e. The molecule has 0 spiro atoms. The van der Waals surface area contributed by atoms with Gasteiger partial charge in [0.25, 0.3) is 0 Å². The van der Waals surface area contributed by atoms with Crippen molar-refractivity contribution >= 4 is 28.6 Å². The smallest absolute Gasteiger partial charge is 0.131 e. The minimum absolute atomic E-state index is 0.424. The second-order valence-electron chi connectivity index (χ2n) is 4.51. The maximum Gasteiger partial charge on any atom is 0.131 e. The number of aromatic nitrogens is 1. The monoisotopic (exact) mass is 316 g/mol. The van der Waals surface area contributed by atoms with Gasteiger partial charge in [-0.2, -0.15) is 0 Å². The van der Waals surface area contributed by atoms with Gasteiger partial charge in [-0.3, -0.25) is 0 Å². The molecular formula is C16H13ClN2OS. The van der Waals surface area contributed by atoms with Crippen LogP contribution in [0, 0.1) is 0 Å². The van der Waals surface area contributed by atoms with Crippen molar-refractivity contribution < 1.29 is 4.74 Å². The Balaban J connectivity index is 1.69. The Morgan fingerprint density at radius 2 is 1.95 bits per heavy atom. The molecule has 3 rings (SSSR count). The third kappa shape index (κ3) is 3.54. The first kappa shape index (κ1) is 13.9. The van der Waals surface area contributed by atoms with Crippen LogP contribution in [0.2, 0.25) is 5.02 Å². The van der Waals surface area contributed by atoms with Gasteiger partial charge in [0, 0.05) is 27.7 Å². The molecule has 0 fully saturated rings. The van der Waals surface area contributed by atoms with E-state index in [0.29, 0.717) is 12.3 Å². The van der Waals surface area contributed by atoms with Crippen molar-refractivity contribution in [2.45, 2.75) is 6.61 Å². The van der Waals surface area contributed by atoms with Crippen LogP contribution < -0.4 is 10.5 Å². The number of nitrogens with two attached hydrogens (primary N) is 1. The van der Waals surface area contributed by atoms with Crippen LogP contribution in [0.4, 0.5) is 5.69 Å². The number of hydrogen-bond acceptors (Lipinski definition) is 4. The zero-order valence-electron chi connectivity index (χ0n) is 11.1. The molecule has 2 N–H and O–H groups in total. The van der Waals surface area contributed by atoms with E-state index in [9.17, 15) is 0 Å². The topological polar surface area (TPSA) is 48.1 Å². The first-order valence-electron chi connectivity index (χ1n) is 6.39. The highest BCUT2D eigenvalue weighted by Gasteiger charge is 2.05. The van der Waals surface area contributed by atoms with Crippen molar-refractivity contribution in [3.63, 3.8) is 0 Å². The number of ether oxygens (including phenoxy) is 1. The lowest BCUT2D eigenvalue weighted by Crippen LogP contribution is -1.96. The number of thiazole rings is 1. The first-order valence-corrected chi connectivity index (χ1v) is 7.65. The highest BCUT2D eigenvalue weighted by molar-refractivity contribution is 7.13. The van der Waals surface area contributed by atoms with Gasteiger partial charge in [0.1, 0.15) is 17.4 Å². The zero-order chi connectivity index (χ0) is 14.7. The molecule has 0 atom stereocenters. The third-order valence-corrected chi connectivity index (χ3v) is 4.08. The predicted molar refractivity (Wildman–Crippen MR) is 87.7 cm³/mol. The Morgan fingerprint density at radius 3 is 2.71 bits per heavy atom. The van der Waals surface area contributed by atoms with E-state index in [1.165, 1.54) is 0 Å². The van der Waals surface area contributed by atoms with Crippen LogP contribution in [-0.2, 0) is 6.61 Å². The molecule has 0 saturated carbocycles. The lowest BCUT2D eigenvalue weighted by Gasteiger charge is -2.04. The summed E-state index contributed by atoms with van der Waals surface area (Å²) in [6.45, 7) is 0.424. The summed E-state index contributed by atoms with van der Waals surface area (Å²) in [6, 6.07) is 15.0. The van der Waals surface area contributed by atoms with Gasteiger partial charge < -0.3 is 10.5 Å². The summed E-state index contributed by atoms with van der Waals surface area (Å²) in [5, 5.41) is 3.68. The molecule has 21 heavy (non-hydrogen) atoms. The van der Waals surface area contributed by atoms with Crippen LogP contribution in [-0.4, -0.2) is 4.98 Å². The van der Waals surface area contributed by atoms with Crippen LogP contribution in [0.5, 0.6) is 5.75 Å². The lowest BCUT2D eigenvalue weighted by molar-refractivity contribution is 0.302. The Bertz CT molecular complexity index is 740. The minimum atomic E-state index is 0.424. The summed E-state index contributed by atoms with van der Waals surface area (Å²) in [7, 11) is 0. The van der Waals surface area contributed by atoms with E-state index in [2.05, 4.69) is 4.98 Å². The maximum absolute atomic E-state index is 5.89. The van der Waals surface area contributed by atoms with E-state index < -0.39 is 0 Å². The molecule has 0 amide bonds. The van der Waals surface area contributed by atoms with Crippen molar-refractivity contribution in [2.24, 2.45) is 0 Å². The number of nitrogens with zero attached hydrogens (tertiary/aromatic N) is 1. The average molecular weight is 317 g/mol. The maximum atomic E-state index is 5.89. The number of anilines is 1. The molecule has 1 heterocycles. The SMILES string of the molecule is Nc1cccc(OCc2csc(-c3ccc(Cl)cc3)n2)c1. The van der Waals surface area contributed by atoms with Gasteiger partial charge in [-0.1, -0.05) is 29.8 Å². The molecule has 0 aliphatic rings. The van der Waals surface area contributed by atoms with E-state index in [0.717, 1.165) is 27.0 Å². The number of rotatable bonds is 4. The fourth-order valence-electron chi connectivity index (χ4n) is 1.86. The van der Waals surface area contributed by atoms with Crippen LogP contribution in [0.25, 0.3) is 10.6 Å². The Labute approximate surface area is 132 Å². The van der Waals surface area contributed by atoms with Gasteiger partial charge in [0.05, 0.1) is 5.69 Å². The average Bonchev–Trinajstić information content (AvgIpc) is 2.95. The Kier molecular flexibility index (Phi) is 4.08. The molecule has 0 aliphatic carbocycles. The molecule has 106 valence electrons. The summed E-state index contributed by atoms with van der Waals surface area (Å²) in [6.07, 6.45) is 0. The van der Waals surface area contributed by atoms with Gasteiger partial charge in [0.2, 0.25) is 0 Å². The zero-order valence-corrected chi connectivity index (χ0v) is 12.7. The molecule has 0 aliphatic heterocycles. The molecule has 5 heteroatoms. The van der Waals surface area contributed by atoms with Crippen LogP contribution >= 0.6 is 22.9 Å². The molecular weight excluding hydrogens is 304 g/mol. The summed E-state index contributed by atoms with van der Waals surface area (Å²) in [5.74, 6) is 0.746. The van der Waals surface area contributed by atoms with Crippen molar-refractivity contribution in [1.29, 1.82) is 0 Å². The number of hydrogen-bond donors (Lipinski definition) is 1. The second-order valence-corrected chi connectivity index (χ2v) is 5.81. The lowest BCUT2D eigenvalue weighted by atomic mass is 10.2. The van der Waals surface area contributed by atoms with Crippen LogP contribution in [0.1, 0.15) is 5.69 Å². The van der Waals surface area contributed by atoms with E-state index in [-0.39, 0.29) is 0 Å². The molecule has 2 aromatic carbocycles. The van der Waals surface area contributed by atoms with Crippen LogP contribution in [0.3, 0.4) is 0 Å². The predicted octanol–water partition coefficient (Wildman–Crippen LogP) is 4.62. The minimum Gasteiger partial charge on any atom is -0.487 e. The highest BCUT2D eigenvalue weighted by atomic mass is 35.5. The Hall–Kier alpha value is -2.04. The van der Waals surface area contributed by atoms with Gasteiger partial charge in [0.15, 0.2) is 0 Å². The third-order valence-electron chi connectivity index (χ3n) is 2.89. The second kappa shape index (κ2) is 6.16. The molecule has 0 unspecified atom stereocenters. The van der Waals surface area contributed by atoms with E-state index in [1.807, 2.05) is 47.8 Å². The van der Waals surface area contributed by atoms with Gasteiger partial charge in [-0.25, -0.2) is 4.98 Å². The standard InChI is InChI=1S/C16H13ClN2OS/c17-12-6-4-11(5-7-12)16-19-14(10-21-16)9-20-15-3-1-2-13(18)8-15/h1-8,10H,9,18H2. The molecule has 0 bridgehead atoms. The first-order chi connectivity index (χ1) is 10.2. The van der Waals surface area contributed by atoms with Crippen molar-refractivity contribution in [3.8, 4) is 16.3 Å². The number of nitrogen functional groups attached to an aromatic ring is 1. The molecule has 3 nitrogen and oxygen atoms in total. The fourth-order valence-corrected chi connectivity index (χ4v) is 2.80. The summed E-state index contributed by atoms with van der Waals surface area (Å²) in [5.41, 5.74) is 8.35. The summed E-state index contributed by atoms with van der Waals surface area (Å²) >= 11 is 7.48. The number of halogens is 1. The molecule has 1 aromatic heterocycles. The quantitative estimate of drug-likeness (QED) is 0.714. The van der Waals surface area contributed by atoms with Crippen molar-refractivity contribution in [3.05, 3.63) is 64.6 Å². The molecule has 3 aromatic rings. The Morgan fingerprint density at radius 1 is 1.14 bits per heavy atom. The van der Waals surface area contributed by atoms with Gasteiger partial charge >= 0.3 is 0 Å². The summed E-state index contributed by atoms with van der Waals surface area (Å²) in [4.78, 5) is 4.57. The number of benzene rings is 2. The fraction of sp³-hybridized carbons (Fsp3) is 0.0625. The van der Waals surface area contributed by atoms with E-state index >= 15 is 0 Å². The normalized spacial score (nSPS) is 10.5. The van der Waals surface area contributed by atoms with E-state index in [4.69, 9.17) is 22.1 Å². The van der Waals surface area contributed by atoms with Crippen LogP contribution in [0.15, 0.2) is 53.9 Å². The highest BCUT2D eigenvalue weighted by Crippen LogP contribution is 2.25. The van der Waals surface area contributed by atoms with E-state index in [1.54, 1.807) is 17.4 Å².